The van der Waals surface area contributed by atoms with E-state index in [0.29, 0.717) is 6.04 Å². The Morgan fingerprint density at radius 2 is 2.17 bits per heavy atom. The SMILES string of the molecule is Cc1ccc2nc([C@@H]3CCCN3Cc3ccccc3C#N)[nH]c2c1. The number of fused-ring (bicyclic) bond motifs is 1. The molecule has 0 amide bonds. The first-order valence-corrected chi connectivity index (χ1v) is 8.43. The summed E-state index contributed by atoms with van der Waals surface area (Å²) in [6.07, 6.45) is 2.27. The van der Waals surface area contributed by atoms with Crippen LogP contribution in [-0.4, -0.2) is 21.4 Å². The number of aryl methyl sites for hydroxylation is 1. The van der Waals surface area contributed by atoms with Crippen LogP contribution in [0.2, 0.25) is 0 Å². The van der Waals surface area contributed by atoms with E-state index in [0.717, 1.165) is 53.9 Å². The van der Waals surface area contributed by atoms with Crippen molar-refractivity contribution < 1.29 is 0 Å². The predicted octanol–water partition coefficient (Wildman–Crippen LogP) is 4.08. The fourth-order valence-electron chi connectivity index (χ4n) is 3.61. The Bertz CT molecular complexity index is 919. The average molecular weight is 316 g/mol. The van der Waals surface area contributed by atoms with E-state index in [1.54, 1.807) is 0 Å². The van der Waals surface area contributed by atoms with Crippen molar-refractivity contribution in [3.8, 4) is 6.07 Å². The maximum absolute atomic E-state index is 9.31. The fraction of sp³-hybridized carbons (Fsp3) is 0.300. The van der Waals surface area contributed by atoms with Crippen molar-refractivity contribution in [2.24, 2.45) is 0 Å². The number of nitriles is 1. The number of likely N-dealkylation sites (tertiary alicyclic amines) is 1. The molecule has 0 bridgehead atoms. The minimum Gasteiger partial charge on any atom is -0.341 e. The van der Waals surface area contributed by atoms with Crippen LogP contribution in [0.4, 0.5) is 0 Å². The third kappa shape index (κ3) is 2.68. The van der Waals surface area contributed by atoms with Crippen molar-refractivity contribution in [1.82, 2.24) is 14.9 Å². The van der Waals surface area contributed by atoms with Crippen LogP contribution in [0.15, 0.2) is 42.5 Å². The van der Waals surface area contributed by atoms with Gasteiger partial charge in [-0.3, -0.25) is 4.90 Å². The second kappa shape index (κ2) is 6.10. The normalized spacial score (nSPS) is 18.1. The number of rotatable bonds is 3. The lowest BCUT2D eigenvalue weighted by molar-refractivity contribution is 0.241. The van der Waals surface area contributed by atoms with Crippen LogP contribution in [0.3, 0.4) is 0 Å². The lowest BCUT2D eigenvalue weighted by Crippen LogP contribution is -2.24. The van der Waals surface area contributed by atoms with E-state index < -0.39 is 0 Å². The molecule has 1 atom stereocenters. The Hall–Kier alpha value is -2.64. The van der Waals surface area contributed by atoms with Gasteiger partial charge < -0.3 is 4.98 Å². The third-order valence-corrected chi connectivity index (χ3v) is 4.85. The average Bonchev–Trinajstić information content (AvgIpc) is 3.21. The van der Waals surface area contributed by atoms with E-state index in [4.69, 9.17) is 4.98 Å². The van der Waals surface area contributed by atoms with E-state index in [2.05, 4.69) is 47.1 Å². The molecule has 24 heavy (non-hydrogen) atoms. The molecule has 3 aromatic rings. The number of hydrogen-bond donors (Lipinski definition) is 1. The Labute approximate surface area is 141 Å². The zero-order valence-electron chi connectivity index (χ0n) is 13.8. The van der Waals surface area contributed by atoms with Gasteiger partial charge in [-0.25, -0.2) is 4.98 Å². The Kier molecular flexibility index (Phi) is 3.79. The van der Waals surface area contributed by atoms with Crippen LogP contribution in [0.5, 0.6) is 0 Å². The zero-order valence-corrected chi connectivity index (χ0v) is 13.8. The zero-order chi connectivity index (χ0) is 16.5. The van der Waals surface area contributed by atoms with E-state index in [9.17, 15) is 5.26 Å². The van der Waals surface area contributed by atoms with Crippen LogP contribution in [0.25, 0.3) is 11.0 Å². The Morgan fingerprint density at radius 3 is 3.04 bits per heavy atom. The molecule has 4 nitrogen and oxygen atoms in total. The molecule has 0 saturated carbocycles. The molecule has 4 rings (SSSR count). The predicted molar refractivity (Wildman–Crippen MR) is 94.4 cm³/mol. The van der Waals surface area contributed by atoms with Crippen molar-refractivity contribution in [3.63, 3.8) is 0 Å². The van der Waals surface area contributed by atoms with Gasteiger partial charge in [0.1, 0.15) is 5.82 Å². The summed E-state index contributed by atoms with van der Waals surface area (Å²) in [6.45, 7) is 3.94. The molecule has 4 heteroatoms. The van der Waals surface area contributed by atoms with Gasteiger partial charge in [0.2, 0.25) is 0 Å². The quantitative estimate of drug-likeness (QED) is 0.792. The summed E-state index contributed by atoms with van der Waals surface area (Å²) < 4.78 is 0. The van der Waals surface area contributed by atoms with Gasteiger partial charge in [0.05, 0.1) is 28.7 Å². The van der Waals surface area contributed by atoms with Gasteiger partial charge in [-0.2, -0.15) is 5.26 Å². The first-order valence-electron chi connectivity index (χ1n) is 8.43. The maximum atomic E-state index is 9.31. The molecule has 1 N–H and O–H groups in total. The standard InChI is InChI=1S/C20H20N4/c1-14-8-9-17-18(11-14)23-20(22-17)19-7-4-10-24(19)13-16-6-3-2-5-15(16)12-21/h2-3,5-6,8-9,11,19H,4,7,10,13H2,1H3,(H,22,23)/t19-/m0/s1. The second-order valence-electron chi connectivity index (χ2n) is 6.54. The Morgan fingerprint density at radius 1 is 1.29 bits per heavy atom. The molecule has 1 aliphatic heterocycles. The monoisotopic (exact) mass is 316 g/mol. The number of benzene rings is 2. The smallest absolute Gasteiger partial charge is 0.124 e. The van der Waals surface area contributed by atoms with Gasteiger partial charge in [-0.15, -0.1) is 0 Å². The lowest BCUT2D eigenvalue weighted by Gasteiger charge is -2.23. The number of hydrogen-bond acceptors (Lipinski definition) is 3. The molecular weight excluding hydrogens is 296 g/mol. The summed E-state index contributed by atoms with van der Waals surface area (Å²) in [6, 6.07) is 16.8. The molecule has 1 aromatic heterocycles. The summed E-state index contributed by atoms with van der Waals surface area (Å²) in [7, 11) is 0. The minimum atomic E-state index is 0.296. The highest BCUT2D eigenvalue weighted by atomic mass is 15.2. The van der Waals surface area contributed by atoms with E-state index >= 15 is 0 Å². The number of nitrogens with zero attached hydrogens (tertiary/aromatic N) is 3. The Balaban J connectivity index is 1.63. The molecule has 0 aliphatic carbocycles. The number of aromatic nitrogens is 2. The largest absolute Gasteiger partial charge is 0.341 e. The van der Waals surface area contributed by atoms with E-state index in [1.807, 2.05) is 18.2 Å². The lowest BCUT2D eigenvalue weighted by atomic mass is 10.1. The van der Waals surface area contributed by atoms with Crippen molar-refractivity contribution in [1.29, 1.82) is 5.26 Å². The molecule has 2 heterocycles. The van der Waals surface area contributed by atoms with Crippen molar-refractivity contribution in [2.75, 3.05) is 6.54 Å². The van der Waals surface area contributed by atoms with Crippen LogP contribution in [-0.2, 0) is 6.54 Å². The molecule has 1 saturated heterocycles. The molecule has 2 aromatic carbocycles. The highest BCUT2D eigenvalue weighted by Gasteiger charge is 2.28. The van der Waals surface area contributed by atoms with Gasteiger partial charge in [0, 0.05) is 6.54 Å². The summed E-state index contributed by atoms with van der Waals surface area (Å²) in [5.41, 5.74) is 5.24. The molecule has 0 unspecified atom stereocenters. The molecular formula is C20H20N4. The molecule has 120 valence electrons. The van der Waals surface area contributed by atoms with Gasteiger partial charge in [0.25, 0.3) is 0 Å². The molecule has 0 radical (unpaired) electrons. The maximum Gasteiger partial charge on any atom is 0.124 e. The van der Waals surface area contributed by atoms with Crippen LogP contribution in [0, 0.1) is 18.3 Å². The van der Waals surface area contributed by atoms with Crippen LogP contribution < -0.4 is 0 Å². The first kappa shape index (κ1) is 14.9. The van der Waals surface area contributed by atoms with Crippen LogP contribution in [0.1, 0.15) is 41.4 Å². The van der Waals surface area contributed by atoms with E-state index in [-0.39, 0.29) is 0 Å². The molecule has 0 spiro atoms. The van der Waals surface area contributed by atoms with E-state index in [1.165, 1.54) is 5.56 Å². The summed E-state index contributed by atoms with van der Waals surface area (Å²) >= 11 is 0. The van der Waals surface area contributed by atoms with Crippen molar-refractivity contribution in [3.05, 3.63) is 65.0 Å². The summed E-state index contributed by atoms with van der Waals surface area (Å²) in [5, 5.41) is 9.31. The van der Waals surface area contributed by atoms with Crippen LogP contribution >= 0.6 is 0 Å². The minimum absolute atomic E-state index is 0.296. The number of imidazole rings is 1. The van der Waals surface area contributed by atoms with Gasteiger partial charge in [-0.05, 0) is 55.6 Å². The van der Waals surface area contributed by atoms with Gasteiger partial charge in [-0.1, -0.05) is 24.3 Å². The van der Waals surface area contributed by atoms with Gasteiger partial charge in [0.15, 0.2) is 0 Å². The topological polar surface area (TPSA) is 55.7 Å². The van der Waals surface area contributed by atoms with Crippen molar-refractivity contribution >= 4 is 11.0 Å². The summed E-state index contributed by atoms with van der Waals surface area (Å²) in [4.78, 5) is 10.7. The molecule has 1 fully saturated rings. The highest BCUT2D eigenvalue weighted by Crippen LogP contribution is 2.33. The van der Waals surface area contributed by atoms with Gasteiger partial charge >= 0.3 is 0 Å². The summed E-state index contributed by atoms with van der Waals surface area (Å²) in [5.74, 6) is 1.04. The number of nitrogens with one attached hydrogen (secondary N) is 1. The second-order valence-corrected chi connectivity index (χ2v) is 6.54. The fourth-order valence-corrected chi connectivity index (χ4v) is 3.61. The third-order valence-electron chi connectivity index (χ3n) is 4.85. The molecule has 1 aliphatic rings. The van der Waals surface area contributed by atoms with Crippen molar-refractivity contribution in [2.45, 2.75) is 32.4 Å². The highest BCUT2D eigenvalue weighted by molar-refractivity contribution is 5.75. The number of aromatic amines is 1. The first-order chi connectivity index (χ1) is 11.7. The number of H-pyrrole nitrogens is 1.